The molecule has 0 N–H and O–H groups in total. The van der Waals surface area contributed by atoms with Crippen LogP contribution in [0.1, 0.15) is 0 Å². The summed E-state index contributed by atoms with van der Waals surface area (Å²) in [7, 11) is 0. The summed E-state index contributed by atoms with van der Waals surface area (Å²) >= 11 is 0. The number of hydrogen-bond donors (Lipinski definition) is 0. The smallest absolute Gasteiger partial charge is 0.252 e. The third-order valence-electron chi connectivity index (χ3n) is 1.25. The van der Waals surface area contributed by atoms with Crippen molar-refractivity contribution >= 4 is 0 Å². The van der Waals surface area contributed by atoms with Crippen molar-refractivity contribution in [2.75, 3.05) is 6.61 Å². The van der Waals surface area contributed by atoms with Gasteiger partial charge < -0.3 is 4.74 Å². The topological polar surface area (TPSA) is 13.1 Å². The fraction of sp³-hybridized carbons (Fsp3) is 0.222. The molecule has 1 aromatic heterocycles. The number of pyridine rings is 1. The molecule has 2 nitrogen and oxygen atoms in total. The van der Waals surface area contributed by atoms with E-state index in [2.05, 4.69) is 6.58 Å². The van der Waals surface area contributed by atoms with Gasteiger partial charge in [0.1, 0.15) is 0 Å². The SMILES string of the molecule is C=CCOC[n+]1ccccc1. The molecular weight excluding hydrogens is 138 g/mol. The Morgan fingerprint density at radius 3 is 2.64 bits per heavy atom. The van der Waals surface area contributed by atoms with E-state index in [-0.39, 0.29) is 0 Å². The summed E-state index contributed by atoms with van der Waals surface area (Å²) in [5.74, 6) is 0. The lowest BCUT2D eigenvalue weighted by atomic mass is 10.5. The van der Waals surface area contributed by atoms with Gasteiger partial charge in [0.15, 0.2) is 12.4 Å². The minimum atomic E-state index is 0.590. The van der Waals surface area contributed by atoms with Crippen LogP contribution in [0.4, 0.5) is 0 Å². The van der Waals surface area contributed by atoms with E-state index in [1.165, 1.54) is 0 Å². The van der Waals surface area contributed by atoms with Crippen LogP contribution in [0.3, 0.4) is 0 Å². The first-order valence-electron chi connectivity index (χ1n) is 3.56. The standard InChI is InChI=1S/C9H12NO/c1-2-8-11-9-10-6-4-3-5-7-10/h2-7H,1,8-9H2/q+1. The van der Waals surface area contributed by atoms with E-state index in [0.29, 0.717) is 13.3 Å². The molecule has 0 aliphatic heterocycles. The van der Waals surface area contributed by atoms with E-state index in [1.54, 1.807) is 6.08 Å². The first kappa shape index (κ1) is 7.95. The number of aromatic nitrogens is 1. The Balaban J connectivity index is 2.33. The molecule has 0 aliphatic carbocycles. The summed E-state index contributed by atoms with van der Waals surface area (Å²) < 4.78 is 7.18. The summed E-state index contributed by atoms with van der Waals surface area (Å²) in [4.78, 5) is 0. The van der Waals surface area contributed by atoms with E-state index < -0.39 is 0 Å². The molecule has 0 atom stereocenters. The van der Waals surface area contributed by atoms with E-state index in [0.717, 1.165) is 0 Å². The maximum absolute atomic E-state index is 5.21. The molecule has 1 rings (SSSR count). The third kappa shape index (κ3) is 2.96. The summed E-state index contributed by atoms with van der Waals surface area (Å²) in [6.45, 7) is 4.75. The molecule has 0 radical (unpaired) electrons. The van der Waals surface area contributed by atoms with E-state index in [4.69, 9.17) is 4.74 Å². The highest BCUT2D eigenvalue weighted by Gasteiger charge is 1.93. The fourth-order valence-electron chi connectivity index (χ4n) is 0.762. The van der Waals surface area contributed by atoms with Gasteiger partial charge in [0, 0.05) is 12.1 Å². The highest BCUT2D eigenvalue weighted by Crippen LogP contribution is 1.78. The van der Waals surface area contributed by atoms with Crippen molar-refractivity contribution in [1.82, 2.24) is 0 Å². The minimum absolute atomic E-state index is 0.590. The van der Waals surface area contributed by atoms with Crippen molar-refractivity contribution in [3.8, 4) is 0 Å². The number of rotatable bonds is 4. The van der Waals surface area contributed by atoms with Gasteiger partial charge in [-0.05, 0) is 0 Å². The van der Waals surface area contributed by atoms with E-state index in [9.17, 15) is 0 Å². The van der Waals surface area contributed by atoms with Gasteiger partial charge in [-0.3, -0.25) is 0 Å². The van der Waals surface area contributed by atoms with Crippen molar-refractivity contribution < 1.29 is 9.30 Å². The predicted molar refractivity (Wildman–Crippen MR) is 42.8 cm³/mol. The molecular formula is C9H12NO+. The summed E-state index contributed by atoms with van der Waals surface area (Å²) in [5, 5.41) is 0. The van der Waals surface area contributed by atoms with Crippen LogP contribution in [0.25, 0.3) is 0 Å². The number of hydrogen-bond acceptors (Lipinski definition) is 1. The van der Waals surface area contributed by atoms with Gasteiger partial charge in [0.25, 0.3) is 6.73 Å². The maximum Gasteiger partial charge on any atom is 0.252 e. The predicted octanol–water partition coefficient (Wildman–Crippen LogP) is 1.13. The first-order valence-corrected chi connectivity index (χ1v) is 3.56. The van der Waals surface area contributed by atoms with Crippen LogP contribution in [0.2, 0.25) is 0 Å². The lowest BCUT2D eigenvalue weighted by Crippen LogP contribution is -2.33. The maximum atomic E-state index is 5.21. The number of nitrogens with zero attached hydrogens (tertiary/aromatic N) is 1. The Morgan fingerprint density at radius 1 is 1.27 bits per heavy atom. The molecule has 1 aromatic rings. The molecule has 0 saturated carbocycles. The van der Waals surface area contributed by atoms with Crippen molar-refractivity contribution in [3.63, 3.8) is 0 Å². The van der Waals surface area contributed by atoms with Gasteiger partial charge in [-0.15, -0.1) is 6.58 Å². The van der Waals surface area contributed by atoms with Crippen molar-refractivity contribution in [1.29, 1.82) is 0 Å². The fourth-order valence-corrected chi connectivity index (χ4v) is 0.762. The Hall–Kier alpha value is -1.15. The van der Waals surface area contributed by atoms with Gasteiger partial charge in [-0.25, -0.2) is 0 Å². The average molecular weight is 150 g/mol. The zero-order valence-electron chi connectivity index (χ0n) is 6.44. The Kier molecular flexibility index (Phi) is 3.35. The Morgan fingerprint density at radius 2 is 2.00 bits per heavy atom. The lowest BCUT2D eigenvalue weighted by Gasteiger charge is -1.94. The third-order valence-corrected chi connectivity index (χ3v) is 1.25. The molecule has 0 bridgehead atoms. The van der Waals surface area contributed by atoms with Gasteiger partial charge in [0.2, 0.25) is 0 Å². The zero-order valence-corrected chi connectivity index (χ0v) is 6.44. The summed E-state index contributed by atoms with van der Waals surface area (Å²) in [5.41, 5.74) is 0. The first-order chi connectivity index (χ1) is 5.43. The van der Waals surface area contributed by atoms with Crippen LogP contribution < -0.4 is 4.57 Å². The normalized spacial score (nSPS) is 9.45. The van der Waals surface area contributed by atoms with Gasteiger partial charge in [-0.1, -0.05) is 12.1 Å². The molecule has 0 saturated heterocycles. The van der Waals surface area contributed by atoms with Crippen LogP contribution >= 0.6 is 0 Å². The largest absolute Gasteiger partial charge is 0.319 e. The monoisotopic (exact) mass is 150 g/mol. The molecule has 0 aromatic carbocycles. The van der Waals surface area contributed by atoms with Crippen LogP contribution in [-0.4, -0.2) is 6.61 Å². The quantitative estimate of drug-likeness (QED) is 0.356. The average Bonchev–Trinajstić information content (AvgIpc) is 2.07. The van der Waals surface area contributed by atoms with Crippen molar-refractivity contribution in [2.24, 2.45) is 0 Å². The van der Waals surface area contributed by atoms with Gasteiger partial charge >= 0.3 is 0 Å². The van der Waals surface area contributed by atoms with Gasteiger partial charge in [-0.2, -0.15) is 4.57 Å². The molecule has 2 heteroatoms. The highest BCUT2D eigenvalue weighted by atomic mass is 16.5. The number of ether oxygens (including phenoxy) is 1. The van der Waals surface area contributed by atoms with Crippen molar-refractivity contribution in [3.05, 3.63) is 43.2 Å². The van der Waals surface area contributed by atoms with Gasteiger partial charge in [0.05, 0.1) is 6.61 Å². The lowest BCUT2D eigenvalue weighted by molar-refractivity contribution is -0.732. The molecule has 1 heterocycles. The molecule has 0 unspecified atom stereocenters. The van der Waals surface area contributed by atoms with Crippen molar-refractivity contribution in [2.45, 2.75) is 6.73 Å². The second kappa shape index (κ2) is 4.63. The van der Waals surface area contributed by atoms with Crippen LogP contribution in [-0.2, 0) is 11.5 Å². The second-order valence-electron chi connectivity index (χ2n) is 2.18. The molecule has 11 heavy (non-hydrogen) atoms. The Labute approximate surface area is 66.7 Å². The molecule has 58 valence electrons. The molecule has 0 spiro atoms. The zero-order chi connectivity index (χ0) is 7.94. The van der Waals surface area contributed by atoms with E-state index in [1.807, 2.05) is 35.2 Å². The highest BCUT2D eigenvalue weighted by molar-refractivity contribution is 4.83. The summed E-state index contributed by atoms with van der Waals surface area (Å²) in [6, 6.07) is 5.92. The molecule has 0 fully saturated rings. The van der Waals surface area contributed by atoms with Crippen LogP contribution in [0, 0.1) is 0 Å². The second-order valence-corrected chi connectivity index (χ2v) is 2.18. The minimum Gasteiger partial charge on any atom is -0.319 e. The summed E-state index contributed by atoms with van der Waals surface area (Å²) in [6.07, 6.45) is 5.66. The van der Waals surface area contributed by atoms with Crippen LogP contribution in [0.5, 0.6) is 0 Å². The van der Waals surface area contributed by atoms with E-state index >= 15 is 0 Å². The van der Waals surface area contributed by atoms with Crippen LogP contribution in [0.15, 0.2) is 43.2 Å². The molecule has 0 aliphatic rings. The molecule has 0 amide bonds. The Bertz CT molecular complexity index is 208.